The summed E-state index contributed by atoms with van der Waals surface area (Å²) in [5, 5.41) is 0. The van der Waals surface area contributed by atoms with Gasteiger partial charge in [-0.05, 0) is 18.1 Å². The van der Waals surface area contributed by atoms with E-state index in [0.717, 1.165) is 0 Å². The van der Waals surface area contributed by atoms with Gasteiger partial charge in [0.05, 0.1) is 25.6 Å². The number of nitrogens with zero attached hydrogens (tertiary/aromatic N) is 1. The molecule has 9 heteroatoms. The summed E-state index contributed by atoms with van der Waals surface area (Å²) in [5.41, 5.74) is 1.69. The number of ether oxygens (including phenoxy) is 2. The van der Waals surface area contributed by atoms with Crippen LogP contribution < -0.4 is 14.2 Å². The third kappa shape index (κ3) is 4.56. The zero-order valence-corrected chi connectivity index (χ0v) is 14.7. The summed E-state index contributed by atoms with van der Waals surface area (Å²) in [6.07, 6.45) is 0.205. The summed E-state index contributed by atoms with van der Waals surface area (Å²) >= 11 is 0. The highest BCUT2D eigenvalue weighted by Gasteiger charge is 2.25. The fourth-order valence-corrected chi connectivity index (χ4v) is 2.92. The number of benzene rings is 1. The molecule has 6 nitrogen and oxygen atoms in total. The van der Waals surface area contributed by atoms with Crippen molar-refractivity contribution in [3.05, 3.63) is 47.2 Å². The Morgan fingerprint density at radius 2 is 1.92 bits per heavy atom. The lowest BCUT2D eigenvalue weighted by Gasteiger charge is -2.15. The molecule has 136 valence electrons. The number of aromatic nitrogens is 1. The van der Waals surface area contributed by atoms with Gasteiger partial charge in [0.25, 0.3) is 10.0 Å². The molecular formula is C16H18F2N2O4S. The smallest absolute Gasteiger partial charge is 0.355 e. The number of aryl methyl sites for hydroxylation is 1. The number of anilines is 1. The number of hydrogen-bond donors (Lipinski definition) is 1. The third-order valence-electron chi connectivity index (χ3n) is 3.48. The van der Waals surface area contributed by atoms with Gasteiger partial charge in [-0.2, -0.15) is 8.78 Å². The number of alkyl halides is 2. The van der Waals surface area contributed by atoms with Crippen LogP contribution in [0.3, 0.4) is 0 Å². The third-order valence-corrected chi connectivity index (χ3v) is 4.44. The number of pyridine rings is 1. The van der Waals surface area contributed by atoms with Gasteiger partial charge in [0.15, 0.2) is 0 Å². The molecule has 0 unspecified atom stereocenters. The Labute approximate surface area is 144 Å². The van der Waals surface area contributed by atoms with E-state index in [1.54, 1.807) is 37.3 Å². The summed E-state index contributed by atoms with van der Waals surface area (Å²) in [6.45, 7) is 1.63. The number of para-hydroxylation sites is 1. The Morgan fingerprint density at radius 3 is 2.52 bits per heavy atom. The predicted molar refractivity (Wildman–Crippen MR) is 89.9 cm³/mol. The van der Waals surface area contributed by atoms with Gasteiger partial charge in [-0.3, -0.25) is 4.72 Å². The molecular weight excluding hydrogens is 354 g/mol. The number of sulfonamides is 1. The van der Waals surface area contributed by atoms with E-state index < -0.39 is 15.8 Å². The van der Waals surface area contributed by atoms with E-state index in [9.17, 15) is 17.2 Å². The van der Waals surface area contributed by atoms with Crippen LogP contribution >= 0.6 is 0 Å². The molecule has 0 amide bonds. The van der Waals surface area contributed by atoms with Crippen molar-refractivity contribution in [1.82, 2.24) is 4.98 Å². The molecule has 0 aliphatic heterocycles. The quantitative estimate of drug-likeness (QED) is 0.809. The Bertz CT molecular complexity index is 835. The summed E-state index contributed by atoms with van der Waals surface area (Å²) in [4.78, 5) is 4.27. The van der Waals surface area contributed by atoms with Gasteiger partial charge in [-0.1, -0.05) is 18.2 Å². The molecule has 0 fully saturated rings. The van der Waals surface area contributed by atoms with Crippen molar-refractivity contribution in [2.75, 3.05) is 18.9 Å². The average molecular weight is 372 g/mol. The number of halogens is 2. The number of methoxy groups -OCH3 is 2. The molecule has 2 aromatic rings. The Balaban J connectivity index is 2.43. The number of nitrogens with one attached hydrogen (secondary N) is 1. The van der Waals surface area contributed by atoms with Crippen LogP contribution in [0.5, 0.6) is 11.6 Å². The number of hydrogen-bond acceptors (Lipinski definition) is 5. The maximum Gasteiger partial charge on any atom is 0.355 e. The molecule has 1 aromatic heterocycles. The lowest BCUT2D eigenvalue weighted by molar-refractivity contribution is 0.236. The average Bonchev–Trinajstić information content (AvgIpc) is 2.57. The van der Waals surface area contributed by atoms with Crippen LogP contribution in [-0.2, 0) is 16.4 Å². The summed E-state index contributed by atoms with van der Waals surface area (Å²) in [7, 11) is -1.82. The largest absolute Gasteiger partial charge is 0.496 e. The second kappa shape index (κ2) is 7.64. The van der Waals surface area contributed by atoms with Crippen molar-refractivity contribution < 1.29 is 26.7 Å². The molecule has 0 aliphatic carbocycles. The molecule has 2 rings (SSSR count). The fourth-order valence-electron chi connectivity index (χ4n) is 2.25. The normalized spacial score (nSPS) is 11.4. The molecule has 0 saturated carbocycles. The minimum atomic E-state index is -4.77. The van der Waals surface area contributed by atoms with Gasteiger partial charge in [0.2, 0.25) is 5.88 Å². The van der Waals surface area contributed by atoms with Crippen molar-refractivity contribution in [3.8, 4) is 11.6 Å². The van der Waals surface area contributed by atoms with Crippen molar-refractivity contribution in [2.45, 2.75) is 19.1 Å². The van der Waals surface area contributed by atoms with Gasteiger partial charge in [-0.25, -0.2) is 13.4 Å². The van der Waals surface area contributed by atoms with E-state index in [1.807, 2.05) is 4.72 Å². The van der Waals surface area contributed by atoms with Crippen molar-refractivity contribution in [1.29, 1.82) is 0 Å². The second-order valence-corrected chi connectivity index (χ2v) is 6.88. The molecule has 0 saturated heterocycles. The molecule has 0 radical (unpaired) electrons. The van der Waals surface area contributed by atoms with Gasteiger partial charge >= 0.3 is 5.76 Å². The fraction of sp³-hybridized carbons (Fsp3) is 0.312. The first-order chi connectivity index (χ1) is 11.8. The summed E-state index contributed by atoms with van der Waals surface area (Å²) < 4.78 is 60.7. The monoisotopic (exact) mass is 372 g/mol. The second-order valence-electron chi connectivity index (χ2n) is 5.23. The maximum absolute atomic E-state index is 12.7. The lowest BCUT2D eigenvalue weighted by Crippen LogP contribution is -2.22. The van der Waals surface area contributed by atoms with E-state index in [-0.39, 0.29) is 12.1 Å². The van der Waals surface area contributed by atoms with Gasteiger partial charge in [0, 0.05) is 18.6 Å². The van der Waals surface area contributed by atoms with E-state index in [1.165, 1.54) is 14.2 Å². The topological polar surface area (TPSA) is 77.5 Å². The van der Waals surface area contributed by atoms with Gasteiger partial charge in [-0.15, -0.1) is 0 Å². The van der Waals surface area contributed by atoms with Crippen LogP contribution in [0.1, 0.15) is 16.8 Å². The van der Waals surface area contributed by atoms with E-state index >= 15 is 0 Å². The highest BCUT2D eigenvalue weighted by molar-refractivity contribution is 7.93. The van der Waals surface area contributed by atoms with Crippen molar-refractivity contribution in [2.24, 2.45) is 0 Å². The van der Waals surface area contributed by atoms with Crippen LogP contribution in [0.15, 0.2) is 30.3 Å². The molecule has 1 N–H and O–H groups in total. The molecule has 25 heavy (non-hydrogen) atoms. The first-order valence-electron chi connectivity index (χ1n) is 7.24. The van der Waals surface area contributed by atoms with E-state index in [0.29, 0.717) is 28.5 Å². The number of rotatable bonds is 7. The first-order valence-corrected chi connectivity index (χ1v) is 8.78. The zero-order valence-electron chi connectivity index (χ0n) is 13.9. The molecule has 1 aromatic carbocycles. The summed E-state index contributed by atoms with van der Waals surface area (Å²) in [6, 6.07) is 8.25. The first kappa shape index (κ1) is 18.9. The van der Waals surface area contributed by atoms with Crippen LogP contribution in [0, 0.1) is 6.92 Å². The molecule has 0 spiro atoms. The molecule has 0 atom stereocenters. The van der Waals surface area contributed by atoms with Gasteiger partial charge < -0.3 is 9.47 Å². The van der Waals surface area contributed by atoms with Crippen molar-refractivity contribution in [3.63, 3.8) is 0 Å². The molecule has 0 aliphatic rings. The Hall–Kier alpha value is -2.42. The van der Waals surface area contributed by atoms with Crippen LogP contribution in [0.4, 0.5) is 14.5 Å². The highest BCUT2D eigenvalue weighted by Crippen LogP contribution is 2.27. The van der Waals surface area contributed by atoms with Crippen molar-refractivity contribution >= 4 is 15.7 Å². The van der Waals surface area contributed by atoms with Crippen LogP contribution in [0.25, 0.3) is 0 Å². The van der Waals surface area contributed by atoms with E-state index in [4.69, 9.17) is 9.47 Å². The minimum Gasteiger partial charge on any atom is -0.496 e. The summed E-state index contributed by atoms with van der Waals surface area (Å²) in [5.74, 6) is -2.67. The molecule has 1 heterocycles. The highest BCUT2D eigenvalue weighted by atomic mass is 32.2. The predicted octanol–water partition coefficient (Wildman–Crippen LogP) is 2.96. The van der Waals surface area contributed by atoms with Crippen LogP contribution in [-0.4, -0.2) is 33.4 Å². The zero-order chi connectivity index (χ0) is 18.6. The Kier molecular flexibility index (Phi) is 5.78. The SMILES string of the molecule is COc1cc(Cc2cccc(C)c2NS(=O)(=O)C(F)F)nc(OC)c1. The molecule has 0 bridgehead atoms. The van der Waals surface area contributed by atoms with E-state index in [2.05, 4.69) is 4.98 Å². The minimum absolute atomic E-state index is 0.117. The lowest BCUT2D eigenvalue weighted by atomic mass is 10.0. The standard InChI is InChI=1S/C16H18F2N2O4S/c1-10-5-4-6-11(15(10)20-25(21,22)16(17)18)7-12-8-13(23-2)9-14(19-12)24-3/h4-6,8-9,16,20H,7H2,1-3H3. The Morgan fingerprint density at radius 1 is 1.20 bits per heavy atom. The van der Waals surface area contributed by atoms with Crippen LogP contribution in [0.2, 0.25) is 0 Å². The maximum atomic E-state index is 12.7. The van der Waals surface area contributed by atoms with Gasteiger partial charge in [0.1, 0.15) is 5.75 Å².